The van der Waals surface area contributed by atoms with E-state index >= 15 is 0 Å². The van der Waals surface area contributed by atoms with E-state index in [-0.39, 0.29) is 17.7 Å². The average Bonchev–Trinajstić information content (AvgIpc) is 2.60. The maximum Gasteiger partial charge on any atom is 0.119 e. The first-order valence-electron chi connectivity index (χ1n) is 9.64. The molecule has 0 saturated carbocycles. The van der Waals surface area contributed by atoms with Gasteiger partial charge < -0.3 is 14.8 Å². The Hall–Kier alpha value is -1.84. The Morgan fingerprint density at radius 3 is 2.27 bits per heavy atom. The van der Waals surface area contributed by atoms with E-state index in [4.69, 9.17) is 9.47 Å². The van der Waals surface area contributed by atoms with Crippen molar-refractivity contribution in [1.82, 2.24) is 5.32 Å². The van der Waals surface area contributed by atoms with Crippen LogP contribution in [0.1, 0.15) is 57.7 Å². The van der Waals surface area contributed by atoms with Gasteiger partial charge in [-0.1, -0.05) is 42.5 Å². The van der Waals surface area contributed by atoms with Crippen LogP contribution in [0, 0.1) is 0 Å². The average molecular weight is 354 g/mol. The lowest BCUT2D eigenvalue weighted by Gasteiger charge is -2.38. The number of benzene rings is 2. The van der Waals surface area contributed by atoms with Crippen LogP contribution >= 0.6 is 0 Å². The molecule has 1 fully saturated rings. The molecule has 3 heteroatoms. The molecule has 0 radical (unpaired) electrons. The molecule has 1 aliphatic heterocycles. The summed E-state index contributed by atoms with van der Waals surface area (Å²) < 4.78 is 11.7. The summed E-state index contributed by atoms with van der Waals surface area (Å²) in [6.45, 7) is 9.27. The van der Waals surface area contributed by atoms with Crippen molar-refractivity contribution in [1.29, 1.82) is 0 Å². The first kappa shape index (κ1) is 18.9. The summed E-state index contributed by atoms with van der Waals surface area (Å²) in [6, 6.07) is 19.8. The van der Waals surface area contributed by atoms with E-state index in [9.17, 15) is 0 Å². The van der Waals surface area contributed by atoms with E-state index in [1.807, 2.05) is 0 Å². The first-order valence-corrected chi connectivity index (χ1v) is 9.64. The van der Waals surface area contributed by atoms with Crippen molar-refractivity contribution in [2.24, 2.45) is 0 Å². The van der Waals surface area contributed by atoms with Gasteiger partial charge in [-0.3, -0.25) is 0 Å². The van der Waals surface area contributed by atoms with E-state index in [1.54, 1.807) is 0 Å². The fraction of sp³-hybridized carbons (Fsp3) is 0.478. The second-order valence-electron chi connectivity index (χ2n) is 8.04. The predicted molar refractivity (Wildman–Crippen MR) is 107 cm³/mol. The molecule has 140 valence electrons. The molecule has 3 rings (SSSR count). The Morgan fingerprint density at radius 1 is 1.00 bits per heavy atom. The molecule has 2 atom stereocenters. The number of ether oxygens (including phenoxy) is 2. The smallest absolute Gasteiger partial charge is 0.119 e. The lowest BCUT2D eigenvalue weighted by Crippen LogP contribution is -2.45. The van der Waals surface area contributed by atoms with Crippen LogP contribution in [0.5, 0.6) is 5.75 Å². The largest absolute Gasteiger partial charge is 0.491 e. The highest BCUT2D eigenvalue weighted by Gasteiger charge is 2.30. The van der Waals surface area contributed by atoms with Gasteiger partial charge in [0.15, 0.2) is 0 Å². The highest BCUT2D eigenvalue weighted by molar-refractivity contribution is 5.35. The van der Waals surface area contributed by atoms with E-state index in [0.29, 0.717) is 6.04 Å². The van der Waals surface area contributed by atoms with Crippen LogP contribution in [0.3, 0.4) is 0 Å². The third-order valence-corrected chi connectivity index (χ3v) is 4.82. The SMILES string of the molecule is CC(C)Oc1ccc([C@@H](N[C@@H]2CCOC(C)(C)C2)c2ccccc2)cc1. The van der Waals surface area contributed by atoms with E-state index in [0.717, 1.165) is 25.2 Å². The Bertz CT molecular complexity index is 679. The minimum atomic E-state index is -0.0634. The molecule has 1 saturated heterocycles. The van der Waals surface area contributed by atoms with Gasteiger partial charge in [-0.15, -0.1) is 0 Å². The highest BCUT2D eigenvalue weighted by atomic mass is 16.5. The molecule has 26 heavy (non-hydrogen) atoms. The molecule has 2 aromatic carbocycles. The summed E-state index contributed by atoms with van der Waals surface area (Å²) in [7, 11) is 0. The van der Waals surface area contributed by atoms with Gasteiger partial charge in [0.05, 0.1) is 17.7 Å². The Morgan fingerprint density at radius 2 is 1.65 bits per heavy atom. The van der Waals surface area contributed by atoms with E-state index in [1.165, 1.54) is 11.1 Å². The van der Waals surface area contributed by atoms with Crippen LogP contribution in [-0.2, 0) is 4.74 Å². The lowest BCUT2D eigenvalue weighted by molar-refractivity contribution is -0.0637. The zero-order valence-corrected chi connectivity index (χ0v) is 16.4. The van der Waals surface area contributed by atoms with Gasteiger partial charge in [0, 0.05) is 12.6 Å². The molecule has 0 aliphatic carbocycles. The molecule has 1 aliphatic rings. The van der Waals surface area contributed by atoms with Gasteiger partial charge in [0.25, 0.3) is 0 Å². The maximum atomic E-state index is 5.88. The molecule has 0 amide bonds. The third-order valence-electron chi connectivity index (χ3n) is 4.82. The van der Waals surface area contributed by atoms with Crippen molar-refractivity contribution in [2.45, 2.75) is 64.3 Å². The first-order chi connectivity index (χ1) is 12.4. The van der Waals surface area contributed by atoms with Crippen molar-refractivity contribution in [3.8, 4) is 5.75 Å². The van der Waals surface area contributed by atoms with Gasteiger partial charge in [-0.05, 0) is 63.8 Å². The van der Waals surface area contributed by atoms with Crippen molar-refractivity contribution in [3.05, 3.63) is 65.7 Å². The van der Waals surface area contributed by atoms with Crippen molar-refractivity contribution < 1.29 is 9.47 Å². The van der Waals surface area contributed by atoms with Gasteiger partial charge in [-0.25, -0.2) is 0 Å². The van der Waals surface area contributed by atoms with Crippen LogP contribution < -0.4 is 10.1 Å². The fourth-order valence-corrected chi connectivity index (χ4v) is 3.65. The monoisotopic (exact) mass is 353 g/mol. The van der Waals surface area contributed by atoms with Crippen molar-refractivity contribution in [3.63, 3.8) is 0 Å². The highest BCUT2D eigenvalue weighted by Crippen LogP contribution is 2.29. The van der Waals surface area contributed by atoms with Crippen LogP contribution in [0.2, 0.25) is 0 Å². The molecule has 0 bridgehead atoms. The normalized spacial score (nSPS) is 20.7. The fourth-order valence-electron chi connectivity index (χ4n) is 3.65. The molecule has 3 nitrogen and oxygen atoms in total. The second kappa shape index (κ2) is 8.24. The van der Waals surface area contributed by atoms with Gasteiger partial charge in [0.1, 0.15) is 5.75 Å². The zero-order chi connectivity index (χ0) is 18.6. The van der Waals surface area contributed by atoms with E-state index in [2.05, 4.69) is 87.6 Å². The van der Waals surface area contributed by atoms with Crippen LogP contribution in [0.25, 0.3) is 0 Å². The topological polar surface area (TPSA) is 30.5 Å². The minimum Gasteiger partial charge on any atom is -0.491 e. The summed E-state index contributed by atoms with van der Waals surface area (Å²) in [6.07, 6.45) is 2.25. The minimum absolute atomic E-state index is 0.0634. The lowest BCUT2D eigenvalue weighted by atomic mass is 9.91. The van der Waals surface area contributed by atoms with Gasteiger partial charge in [-0.2, -0.15) is 0 Å². The summed E-state index contributed by atoms with van der Waals surface area (Å²) in [4.78, 5) is 0. The Balaban J connectivity index is 1.82. The zero-order valence-electron chi connectivity index (χ0n) is 16.4. The standard InChI is InChI=1S/C23H31NO2/c1-17(2)26-21-12-10-19(11-13-21)22(18-8-6-5-7-9-18)24-20-14-15-25-23(3,4)16-20/h5-13,17,20,22,24H,14-16H2,1-4H3/t20-,22+/m1/s1. The van der Waals surface area contributed by atoms with Crippen LogP contribution in [-0.4, -0.2) is 24.4 Å². The number of hydrogen-bond acceptors (Lipinski definition) is 3. The quantitative estimate of drug-likeness (QED) is 0.783. The molecular weight excluding hydrogens is 322 g/mol. The number of hydrogen-bond donors (Lipinski definition) is 1. The summed E-state index contributed by atoms with van der Waals surface area (Å²) in [5, 5.41) is 3.88. The molecular formula is C23H31NO2. The predicted octanol–water partition coefficient (Wildman–Crippen LogP) is 5.11. The molecule has 0 spiro atoms. The Kier molecular flexibility index (Phi) is 6.00. The summed E-state index contributed by atoms with van der Waals surface area (Å²) >= 11 is 0. The molecule has 0 unspecified atom stereocenters. The molecule has 2 aromatic rings. The van der Waals surface area contributed by atoms with Crippen molar-refractivity contribution >= 4 is 0 Å². The Labute approximate surface area is 157 Å². The third kappa shape index (κ3) is 5.09. The van der Waals surface area contributed by atoms with Crippen LogP contribution in [0.4, 0.5) is 0 Å². The van der Waals surface area contributed by atoms with Crippen molar-refractivity contribution in [2.75, 3.05) is 6.61 Å². The molecule has 1 N–H and O–H groups in total. The molecule has 0 aromatic heterocycles. The second-order valence-corrected chi connectivity index (χ2v) is 8.04. The maximum absolute atomic E-state index is 5.88. The summed E-state index contributed by atoms with van der Waals surface area (Å²) in [5.41, 5.74) is 2.48. The number of nitrogens with one attached hydrogen (secondary N) is 1. The number of rotatable bonds is 6. The van der Waals surface area contributed by atoms with Crippen LogP contribution in [0.15, 0.2) is 54.6 Å². The van der Waals surface area contributed by atoms with Gasteiger partial charge >= 0.3 is 0 Å². The summed E-state index contributed by atoms with van der Waals surface area (Å²) in [5.74, 6) is 0.919. The molecule has 1 heterocycles. The van der Waals surface area contributed by atoms with Gasteiger partial charge in [0.2, 0.25) is 0 Å². The van der Waals surface area contributed by atoms with E-state index < -0.39 is 0 Å².